The predicted octanol–water partition coefficient (Wildman–Crippen LogP) is 3.35. The van der Waals surface area contributed by atoms with Gasteiger partial charge in [-0.2, -0.15) is 0 Å². The van der Waals surface area contributed by atoms with E-state index >= 15 is 0 Å². The van der Waals surface area contributed by atoms with E-state index in [9.17, 15) is 4.39 Å². The lowest BCUT2D eigenvalue weighted by atomic mass is 10.1. The van der Waals surface area contributed by atoms with Crippen LogP contribution in [0.3, 0.4) is 0 Å². The molecule has 76 valence electrons. The van der Waals surface area contributed by atoms with Crippen LogP contribution in [0.15, 0.2) is 12.4 Å². The van der Waals surface area contributed by atoms with Gasteiger partial charge in [0, 0.05) is 12.4 Å². The molecule has 2 aromatic rings. The Morgan fingerprint density at radius 2 is 1.93 bits per heavy atom. The summed E-state index contributed by atoms with van der Waals surface area (Å²) in [7, 11) is 0. The molecule has 2 aromatic heterocycles. The molecule has 14 heavy (non-hydrogen) atoms. The first-order valence-corrected chi connectivity index (χ1v) is 4.79. The molecule has 0 bridgehead atoms. The highest BCUT2D eigenvalue weighted by atomic mass is 19.1. The molecular formula is C11H15FN2. The topological polar surface area (TPSA) is 28.7 Å². The van der Waals surface area contributed by atoms with Gasteiger partial charge in [0.1, 0.15) is 5.52 Å². The highest BCUT2D eigenvalue weighted by molar-refractivity contribution is 5.79. The van der Waals surface area contributed by atoms with Crippen LogP contribution in [0.5, 0.6) is 0 Å². The molecule has 2 heterocycles. The van der Waals surface area contributed by atoms with Crippen molar-refractivity contribution in [1.29, 1.82) is 0 Å². The minimum absolute atomic E-state index is 0.284. The van der Waals surface area contributed by atoms with E-state index in [4.69, 9.17) is 0 Å². The van der Waals surface area contributed by atoms with Gasteiger partial charge in [-0.05, 0) is 25.0 Å². The van der Waals surface area contributed by atoms with Crippen molar-refractivity contribution < 1.29 is 4.39 Å². The molecule has 0 spiro atoms. The van der Waals surface area contributed by atoms with Crippen LogP contribution in [-0.4, -0.2) is 9.97 Å². The van der Waals surface area contributed by atoms with Crippen LogP contribution in [0.25, 0.3) is 11.0 Å². The van der Waals surface area contributed by atoms with Gasteiger partial charge in [0.2, 0.25) is 0 Å². The fourth-order valence-electron chi connectivity index (χ4n) is 1.26. The van der Waals surface area contributed by atoms with Gasteiger partial charge in [0.25, 0.3) is 0 Å². The van der Waals surface area contributed by atoms with Crippen LogP contribution in [0.4, 0.5) is 4.39 Å². The molecule has 0 aliphatic heterocycles. The summed E-state index contributed by atoms with van der Waals surface area (Å²) in [6.45, 7) is 7.91. The molecule has 2 nitrogen and oxygen atoms in total. The first-order valence-electron chi connectivity index (χ1n) is 4.79. The van der Waals surface area contributed by atoms with E-state index in [-0.39, 0.29) is 5.82 Å². The fourth-order valence-corrected chi connectivity index (χ4v) is 1.26. The molecule has 0 radical (unpaired) electrons. The van der Waals surface area contributed by atoms with Crippen molar-refractivity contribution in [2.75, 3.05) is 0 Å². The van der Waals surface area contributed by atoms with E-state index in [1.807, 2.05) is 27.7 Å². The number of aryl methyl sites for hydroxylation is 2. The van der Waals surface area contributed by atoms with E-state index in [0.29, 0.717) is 5.52 Å². The van der Waals surface area contributed by atoms with Crippen molar-refractivity contribution in [3.63, 3.8) is 0 Å². The van der Waals surface area contributed by atoms with E-state index in [0.717, 1.165) is 16.6 Å². The Kier molecular flexibility index (Phi) is 3.23. The van der Waals surface area contributed by atoms with Gasteiger partial charge in [-0.3, -0.25) is 4.98 Å². The quantitative estimate of drug-likeness (QED) is 0.684. The lowest BCUT2D eigenvalue weighted by Gasteiger charge is -1.98. The van der Waals surface area contributed by atoms with Gasteiger partial charge in [-0.15, -0.1) is 0 Å². The summed E-state index contributed by atoms with van der Waals surface area (Å²) in [6, 6.07) is 0. The SMILES string of the molecule is CC.Cc1cnc2c(F)c[nH]c2c1C. The zero-order valence-electron chi connectivity index (χ0n) is 8.98. The second-order valence-corrected chi connectivity index (χ2v) is 2.93. The summed E-state index contributed by atoms with van der Waals surface area (Å²) in [5.41, 5.74) is 3.36. The van der Waals surface area contributed by atoms with Gasteiger partial charge >= 0.3 is 0 Å². The minimum atomic E-state index is -0.284. The molecule has 3 heteroatoms. The van der Waals surface area contributed by atoms with E-state index in [1.165, 1.54) is 6.20 Å². The summed E-state index contributed by atoms with van der Waals surface area (Å²) < 4.78 is 13.0. The van der Waals surface area contributed by atoms with Crippen molar-refractivity contribution in [1.82, 2.24) is 9.97 Å². The maximum absolute atomic E-state index is 13.0. The number of nitrogens with one attached hydrogen (secondary N) is 1. The lowest BCUT2D eigenvalue weighted by Crippen LogP contribution is -1.86. The lowest BCUT2D eigenvalue weighted by molar-refractivity contribution is 0.636. The second-order valence-electron chi connectivity index (χ2n) is 2.93. The van der Waals surface area contributed by atoms with Crippen molar-refractivity contribution in [3.05, 3.63) is 29.3 Å². The summed E-state index contributed by atoms with van der Waals surface area (Å²) in [5.74, 6) is -0.284. The van der Waals surface area contributed by atoms with Crippen LogP contribution < -0.4 is 0 Å². The highest BCUT2D eigenvalue weighted by Crippen LogP contribution is 2.19. The van der Waals surface area contributed by atoms with Crippen LogP contribution in [0.2, 0.25) is 0 Å². The molecule has 1 N–H and O–H groups in total. The first kappa shape index (κ1) is 10.7. The zero-order valence-corrected chi connectivity index (χ0v) is 8.98. The Morgan fingerprint density at radius 3 is 2.57 bits per heavy atom. The summed E-state index contributed by atoms with van der Waals surface area (Å²) >= 11 is 0. The largest absolute Gasteiger partial charge is 0.357 e. The number of halogens is 1. The minimum Gasteiger partial charge on any atom is -0.357 e. The number of rotatable bonds is 0. The van der Waals surface area contributed by atoms with Crippen molar-refractivity contribution in [2.24, 2.45) is 0 Å². The zero-order chi connectivity index (χ0) is 10.7. The maximum atomic E-state index is 13.0. The van der Waals surface area contributed by atoms with Crippen LogP contribution >= 0.6 is 0 Å². The maximum Gasteiger partial charge on any atom is 0.166 e. The molecule has 0 saturated heterocycles. The number of pyridine rings is 1. The van der Waals surface area contributed by atoms with Gasteiger partial charge in [0.05, 0.1) is 5.52 Å². The summed E-state index contributed by atoms with van der Waals surface area (Å²) in [5, 5.41) is 0. The monoisotopic (exact) mass is 194 g/mol. The molecule has 0 fully saturated rings. The third-order valence-electron chi connectivity index (χ3n) is 2.16. The molecule has 0 unspecified atom stereocenters. The number of nitrogens with zero attached hydrogens (tertiary/aromatic N) is 1. The molecule has 0 aromatic carbocycles. The van der Waals surface area contributed by atoms with Gasteiger partial charge in [-0.25, -0.2) is 4.39 Å². The molecule has 0 amide bonds. The third kappa shape index (κ3) is 1.62. The van der Waals surface area contributed by atoms with Crippen molar-refractivity contribution in [3.8, 4) is 0 Å². The third-order valence-corrected chi connectivity index (χ3v) is 2.16. The van der Waals surface area contributed by atoms with Gasteiger partial charge < -0.3 is 4.98 Å². The van der Waals surface area contributed by atoms with E-state index in [2.05, 4.69) is 9.97 Å². The first-order chi connectivity index (χ1) is 6.70. The Balaban J connectivity index is 0.000000461. The molecule has 0 atom stereocenters. The van der Waals surface area contributed by atoms with Crippen LogP contribution in [-0.2, 0) is 0 Å². The number of fused-ring (bicyclic) bond motifs is 1. The summed E-state index contributed by atoms with van der Waals surface area (Å²) in [4.78, 5) is 6.85. The normalized spacial score (nSPS) is 9.79. The van der Waals surface area contributed by atoms with Crippen LogP contribution in [0.1, 0.15) is 25.0 Å². The van der Waals surface area contributed by atoms with E-state index < -0.39 is 0 Å². The number of hydrogen-bond donors (Lipinski definition) is 1. The molecule has 0 aliphatic carbocycles. The molecular weight excluding hydrogens is 179 g/mol. The van der Waals surface area contributed by atoms with Crippen molar-refractivity contribution >= 4 is 11.0 Å². The average Bonchev–Trinajstić information content (AvgIpc) is 2.58. The Hall–Kier alpha value is -1.38. The Morgan fingerprint density at radius 1 is 1.29 bits per heavy atom. The molecule has 0 saturated carbocycles. The number of aromatic amines is 1. The average molecular weight is 194 g/mol. The molecule has 0 aliphatic rings. The number of H-pyrrole nitrogens is 1. The number of hydrogen-bond acceptors (Lipinski definition) is 1. The predicted molar refractivity (Wildman–Crippen MR) is 56.9 cm³/mol. The number of aromatic nitrogens is 2. The molecule has 2 rings (SSSR count). The Labute approximate surface area is 83.2 Å². The fraction of sp³-hybridized carbons (Fsp3) is 0.364. The standard InChI is InChI=1S/C9H9FN2.C2H6/c1-5-3-11-9-7(10)4-12-8(9)6(5)2;1-2/h3-4,12H,1-2H3;1-2H3. The highest BCUT2D eigenvalue weighted by Gasteiger charge is 2.07. The Bertz CT molecular complexity index is 432. The van der Waals surface area contributed by atoms with Gasteiger partial charge in [-0.1, -0.05) is 13.8 Å². The van der Waals surface area contributed by atoms with Crippen molar-refractivity contribution in [2.45, 2.75) is 27.7 Å². The van der Waals surface area contributed by atoms with Gasteiger partial charge in [0.15, 0.2) is 5.82 Å². The van der Waals surface area contributed by atoms with Crippen LogP contribution in [0, 0.1) is 19.7 Å². The van der Waals surface area contributed by atoms with E-state index in [1.54, 1.807) is 6.20 Å². The summed E-state index contributed by atoms with van der Waals surface area (Å²) in [6.07, 6.45) is 3.03. The smallest absolute Gasteiger partial charge is 0.166 e. The second kappa shape index (κ2) is 4.22.